The van der Waals surface area contributed by atoms with Crippen molar-refractivity contribution in [2.45, 2.75) is 19.4 Å². The summed E-state index contributed by atoms with van der Waals surface area (Å²) in [6.45, 7) is 3.47. The van der Waals surface area contributed by atoms with Gasteiger partial charge in [-0.2, -0.15) is 0 Å². The summed E-state index contributed by atoms with van der Waals surface area (Å²) in [5.74, 6) is 0. The Morgan fingerprint density at radius 2 is 1.26 bits per heavy atom. The molecule has 3 nitrogen and oxygen atoms in total. The average Bonchev–Trinajstić information content (AvgIpc) is 2.45. The van der Waals surface area contributed by atoms with Crippen LogP contribution in [0, 0.1) is 13.8 Å². The normalized spacial score (nSPS) is 12.6. The van der Waals surface area contributed by atoms with E-state index in [1.807, 2.05) is 0 Å². The van der Waals surface area contributed by atoms with Crippen LogP contribution in [0.25, 0.3) is 0 Å². The summed E-state index contributed by atoms with van der Waals surface area (Å²) in [5.41, 5.74) is -3.97. The van der Waals surface area contributed by atoms with E-state index in [4.69, 9.17) is 2.26 Å². The number of aryl methyl sites for hydroxylation is 2. The van der Waals surface area contributed by atoms with Gasteiger partial charge in [0, 0.05) is 0 Å². The number of hydrogen-bond acceptors (Lipinski definition) is 3. The van der Waals surface area contributed by atoms with Gasteiger partial charge in [-0.3, -0.25) is 0 Å². The Labute approximate surface area is 141 Å². The molecule has 0 radical (unpaired) electrons. The summed E-state index contributed by atoms with van der Waals surface area (Å²) in [6, 6.07) is 13.6. The molecule has 0 amide bonds. The second kappa shape index (κ2) is 6.87. The Balaban J connectivity index is 2.59. The molecule has 0 aromatic heterocycles. The van der Waals surface area contributed by atoms with E-state index in [9.17, 15) is 21.6 Å². The Kier molecular flexibility index (Phi) is 5.49. The third-order valence-electron chi connectivity index (χ3n) is 3.12. The number of benzene rings is 2. The first-order valence-corrected chi connectivity index (χ1v) is 12.9. The summed E-state index contributed by atoms with van der Waals surface area (Å²) in [6.07, 6.45) is 0. The molecule has 23 heavy (non-hydrogen) atoms. The van der Waals surface area contributed by atoms with Gasteiger partial charge in [0.2, 0.25) is 0 Å². The van der Waals surface area contributed by atoms with Crippen molar-refractivity contribution >= 4 is 38.9 Å². The quantitative estimate of drug-likeness (QED) is 0.442. The van der Waals surface area contributed by atoms with Crippen molar-refractivity contribution in [2.75, 3.05) is 0 Å². The van der Waals surface area contributed by atoms with Crippen LogP contribution in [-0.4, -0.2) is 36.1 Å². The molecular weight excluding hydrogens is 526 g/mol. The van der Waals surface area contributed by atoms with E-state index in [0.717, 1.165) is 11.1 Å². The molecule has 0 aliphatic rings. The van der Waals surface area contributed by atoms with Crippen LogP contribution in [-0.2, 0) is 12.4 Å². The minimum absolute atomic E-state index is 0.574. The average molecular weight is 540 g/mol. The summed E-state index contributed by atoms with van der Waals surface area (Å²) >= 11 is -3.86. The van der Waals surface area contributed by atoms with Crippen LogP contribution in [0.4, 0.5) is 13.2 Å². The van der Waals surface area contributed by atoms with E-state index in [-0.39, 0.29) is 0 Å². The first-order valence-electron chi connectivity index (χ1n) is 6.56. The summed E-state index contributed by atoms with van der Waals surface area (Å²) < 4.78 is 67.2. The monoisotopic (exact) mass is 540 g/mol. The Morgan fingerprint density at radius 1 is 0.870 bits per heavy atom. The van der Waals surface area contributed by atoms with Gasteiger partial charge < -0.3 is 0 Å². The van der Waals surface area contributed by atoms with Gasteiger partial charge in [0.1, 0.15) is 0 Å². The standard InChI is InChI=1S/2C7H7.CHF3O3S.Bi/c2*1-7-5-3-2-4-6-7;2-1(3,4)8(5,6)7;/h2*2-5H,1H3;(H,5,6,7);/q;;;+1/p-1. The third kappa shape index (κ3) is 4.11. The van der Waals surface area contributed by atoms with Crippen molar-refractivity contribution < 1.29 is 23.8 Å². The van der Waals surface area contributed by atoms with E-state index in [0.29, 0.717) is 6.54 Å². The summed E-state index contributed by atoms with van der Waals surface area (Å²) in [7, 11) is -5.64. The van der Waals surface area contributed by atoms with E-state index in [1.165, 1.54) is 0 Å². The van der Waals surface area contributed by atoms with Gasteiger partial charge in [-0.05, 0) is 0 Å². The Bertz CT molecular complexity index is 758. The van der Waals surface area contributed by atoms with Crippen molar-refractivity contribution in [1.29, 1.82) is 0 Å². The molecule has 0 unspecified atom stereocenters. The number of halogens is 3. The van der Waals surface area contributed by atoms with Crippen LogP contribution in [0.3, 0.4) is 0 Å². The van der Waals surface area contributed by atoms with Crippen LogP contribution >= 0.6 is 0 Å². The van der Waals surface area contributed by atoms with E-state index in [1.54, 1.807) is 62.4 Å². The fraction of sp³-hybridized carbons (Fsp3) is 0.200. The second-order valence-electron chi connectivity index (χ2n) is 4.84. The molecule has 0 atom stereocenters. The summed E-state index contributed by atoms with van der Waals surface area (Å²) in [5, 5.41) is 0. The molecule has 0 saturated carbocycles. The van der Waals surface area contributed by atoms with E-state index < -0.39 is 37.8 Å². The molecule has 0 saturated heterocycles. The molecule has 0 bridgehead atoms. The third-order valence-corrected chi connectivity index (χ3v) is 15.4. The molecule has 124 valence electrons. The fourth-order valence-corrected chi connectivity index (χ4v) is 13.3. The zero-order valence-corrected chi connectivity index (χ0v) is 16.6. The first-order chi connectivity index (χ1) is 10.6. The van der Waals surface area contributed by atoms with Crippen molar-refractivity contribution in [3.8, 4) is 0 Å². The van der Waals surface area contributed by atoms with Gasteiger partial charge in [-0.25, -0.2) is 0 Å². The van der Waals surface area contributed by atoms with Gasteiger partial charge >= 0.3 is 142 Å². The van der Waals surface area contributed by atoms with Crippen LogP contribution in [0.5, 0.6) is 0 Å². The van der Waals surface area contributed by atoms with Crippen molar-refractivity contribution in [3.05, 3.63) is 59.7 Å². The molecule has 2 aromatic carbocycles. The molecule has 0 spiro atoms. The Hall–Kier alpha value is -0.977. The maximum atomic E-state index is 12.7. The molecule has 0 aliphatic heterocycles. The SMILES string of the molecule is Cc1cccc[c]1[Bi]([O]S(=O)(=O)C(F)(F)F)[c]1ccccc1C. The number of hydrogen-bond donors (Lipinski definition) is 0. The van der Waals surface area contributed by atoms with Crippen molar-refractivity contribution in [1.82, 2.24) is 0 Å². The molecule has 0 aliphatic carbocycles. The first kappa shape index (κ1) is 18.4. The van der Waals surface area contributed by atoms with Gasteiger partial charge in [0.25, 0.3) is 0 Å². The molecule has 0 fully saturated rings. The predicted octanol–water partition coefficient (Wildman–Crippen LogP) is 2.28. The van der Waals surface area contributed by atoms with Crippen LogP contribution in [0.1, 0.15) is 11.1 Å². The fourth-order valence-electron chi connectivity index (χ4n) is 1.93. The minimum atomic E-state index is -5.64. The van der Waals surface area contributed by atoms with Gasteiger partial charge in [-0.15, -0.1) is 0 Å². The molecule has 2 aromatic rings. The van der Waals surface area contributed by atoms with E-state index >= 15 is 0 Å². The summed E-state index contributed by atoms with van der Waals surface area (Å²) in [4.78, 5) is 0. The molecular formula is C15H14BiF3O3S. The van der Waals surface area contributed by atoms with Gasteiger partial charge in [-0.1, -0.05) is 0 Å². The van der Waals surface area contributed by atoms with Crippen LogP contribution in [0.2, 0.25) is 0 Å². The van der Waals surface area contributed by atoms with Gasteiger partial charge in [0.05, 0.1) is 0 Å². The van der Waals surface area contributed by atoms with E-state index in [2.05, 4.69) is 0 Å². The number of rotatable bonds is 4. The van der Waals surface area contributed by atoms with Crippen LogP contribution < -0.4 is 6.54 Å². The molecule has 2 rings (SSSR count). The molecule has 0 N–H and O–H groups in total. The Morgan fingerprint density at radius 3 is 1.61 bits per heavy atom. The van der Waals surface area contributed by atoms with Crippen molar-refractivity contribution in [2.24, 2.45) is 0 Å². The second-order valence-corrected chi connectivity index (χ2v) is 14.1. The van der Waals surface area contributed by atoms with Crippen molar-refractivity contribution in [3.63, 3.8) is 0 Å². The molecule has 0 heterocycles. The predicted molar refractivity (Wildman–Crippen MR) is 83.4 cm³/mol. The van der Waals surface area contributed by atoms with Gasteiger partial charge in [0.15, 0.2) is 0 Å². The van der Waals surface area contributed by atoms with Crippen LogP contribution in [0.15, 0.2) is 48.5 Å². The zero-order chi connectivity index (χ0) is 17.3. The molecule has 8 heteroatoms. The number of alkyl halides is 3. The maximum absolute atomic E-state index is 12.7. The topological polar surface area (TPSA) is 43.4 Å². The zero-order valence-electron chi connectivity index (χ0n) is 12.3.